The van der Waals surface area contributed by atoms with Gasteiger partial charge in [0.1, 0.15) is 6.04 Å². The molecule has 3 aliphatic carbocycles. The fourth-order valence-electron chi connectivity index (χ4n) is 4.48. The highest BCUT2D eigenvalue weighted by Crippen LogP contribution is 2.49. The number of imide groups is 1. The lowest BCUT2D eigenvalue weighted by Gasteiger charge is -2.38. The molecule has 3 amide bonds. The third-order valence-corrected chi connectivity index (χ3v) is 5.88. The van der Waals surface area contributed by atoms with E-state index in [1.807, 2.05) is 31.2 Å². The summed E-state index contributed by atoms with van der Waals surface area (Å²) in [5.74, 6) is -0.949. The van der Waals surface area contributed by atoms with E-state index in [9.17, 15) is 14.4 Å². The first-order valence-electron chi connectivity index (χ1n) is 8.90. The van der Waals surface area contributed by atoms with Crippen molar-refractivity contribution in [2.75, 3.05) is 5.32 Å². The van der Waals surface area contributed by atoms with Gasteiger partial charge in [-0.3, -0.25) is 19.3 Å². The first kappa shape index (κ1) is 16.1. The minimum absolute atomic E-state index is 0.142. The maximum atomic E-state index is 12.9. The Bertz CT molecular complexity index is 736. The van der Waals surface area contributed by atoms with Crippen LogP contribution < -0.4 is 5.32 Å². The Hall–Kier alpha value is -2.43. The van der Waals surface area contributed by atoms with E-state index in [0.29, 0.717) is 5.69 Å². The van der Waals surface area contributed by atoms with Crippen molar-refractivity contribution in [1.29, 1.82) is 0 Å². The number of aryl methyl sites for hydroxylation is 1. The molecule has 0 unspecified atom stereocenters. The van der Waals surface area contributed by atoms with Gasteiger partial charge in [-0.25, -0.2) is 0 Å². The molecule has 0 spiro atoms. The molecule has 1 saturated heterocycles. The zero-order chi connectivity index (χ0) is 17.7. The van der Waals surface area contributed by atoms with Crippen LogP contribution >= 0.6 is 0 Å². The third-order valence-electron chi connectivity index (χ3n) is 5.88. The Balaban J connectivity index is 1.53. The monoisotopic (exact) mass is 338 g/mol. The molecular weight excluding hydrogens is 316 g/mol. The van der Waals surface area contributed by atoms with Gasteiger partial charge in [0.05, 0.1) is 11.8 Å². The lowest BCUT2D eigenvalue weighted by atomic mass is 9.63. The van der Waals surface area contributed by atoms with Crippen LogP contribution in [-0.2, 0) is 14.4 Å². The zero-order valence-corrected chi connectivity index (χ0v) is 14.4. The minimum Gasteiger partial charge on any atom is -0.324 e. The van der Waals surface area contributed by atoms with Crippen LogP contribution in [0.15, 0.2) is 36.4 Å². The van der Waals surface area contributed by atoms with E-state index in [4.69, 9.17) is 0 Å². The number of rotatable bonds is 3. The summed E-state index contributed by atoms with van der Waals surface area (Å²) in [6.07, 6.45) is 6.08. The topological polar surface area (TPSA) is 66.5 Å². The van der Waals surface area contributed by atoms with Crippen LogP contribution in [0, 0.1) is 30.6 Å². The Morgan fingerprint density at radius 1 is 1.04 bits per heavy atom. The molecule has 0 radical (unpaired) electrons. The van der Waals surface area contributed by atoms with Gasteiger partial charge >= 0.3 is 0 Å². The number of carbonyl (C=O) groups is 3. The number of benzene rings is 1. The molecule has 1 aliphatic heterocycles. The predicted octanol–water partition coefficient (Wildman–Crippen LogP) is 2.52. The molecular formula is C20H22N2O3. The summed E-state index contributed by atoms with van der Waals surface area (Å²) in [7, 11) is 0. The smallest absolute Gasteiger partial charge is 0.247 e. The van der Waals surface area contributed by atoms with Crippen molar-refractivity contribution >= 4 is 23.4 Å². The minimum atomic E-state index is -0.800. The van der Waals surface area contributed by atoms with Crippen molar-refractivity contribution in [2.45, 2.75) is 32.7 Å². The van der Waals surface area contributed by atoms with E-state index in [1.165, 1.54) is 4.90 Å². The molecule has 25 heavy (non-hydrogen) atoms. The number of fused-ring (bicyclic) bond motifs is 1. The van der Waals surface area contributed by atoms with Crippen molar-refractivity contribution < 1.29 is 14.4 Å². The number of allylic oxidation sites excluding steroid dienone is 2. The van der Waals surface area contributed by atoms with Crippen molar-refractivity contribution in [3.8, 4) is 0 Å². The van der Waals surface area contributed by atoms with Gasteiger partial charge in [-0.05, 0) is 50.7 Å². The zero-order valence-electron chi connectivity index (χ0n) is 14.4. The number of likely N-dealkylation sites (tertiary alicyclic amines) is 1. The van der Waals surface area contributed by atoms with Crippen molar-refractivity contribution in [3.63, 3.8) is 0 Å². The number of hydrogen-bond donors (Lipinski definition) is 1. The molecule has 1 aromatic rings. The van der Waals surface area contributed by atoms with Crippen LogP contribution in [-0.4, -0.2) is 28.7 Å². The molecule has 5 rings (SSSR count). The van der Waals surface area contributed by atoms with E-state index < -0.39 is 6.04 Å². The second kappa shape index (κ2) is 5.83. The summed E-state index contributed by atoms with van der Waals surface area (Å²) < 4.78 is 0. The number of amides is 3. The second-order valence-electron chi connectivity index (χ2n) is 7.42. The lowest BCUT2D eigenvalue weighted by molar-refractivity contribution is -0.146. The molecule has 1 N–H and O–H groups in total. The van der Waals surface area contributed by atoms with Crippen molar-refractivity contribution in [1.82, 2.24) is 4.90 Å². The van der Waals surface area contributed by atoms with Gasteiger partial charge < -0.3 is 5.32 Å². The van der Waals surface area contributed by atoms with E-state index in [0.717, 1.165) is 18.4 Å². The highest BCUT2D eigenvalue weighted by atomic mass is 16.2. The van der Waals surface area contributed by atoms with Gasteiger partial charge in [0, 0.05) is 5.69 Å². The number of nitrogens with zero attached hydrogens (tertiary/aromatic N) is 1. The summed E-state index contributed by atoms with van der Waals surface area (Å²) in [6.45, 7) is 3.60. The summed E-state index contributed by atoms with van der Waals surface area (Å²) in [5.41, 5.74) is 1.77. The number of hydrogen-bond acceptors (Lipinski definition) is 3. The van der Waals surface area contributed by atoms with Gasteiger partial charge in [-0.2, -0.15) is 0 Å². The molecule has 4 aliphatic rings. The van der Waals surface area contributed by atoms with Crippen LogP contribution in [0.4, 0.5) is 5.69 Å². The molecule has 1 heterocycles. The normalized spacial score (nSPS) is 31.2. The Morgan fingerprint density at radius 2 is 1.56 bits per heavy atom. The summed E-state index contributed by atoms with van der Waals surface area (Å²) in [6, 6.07) is 6.65. The Kier molecular flexibility index (Phi) is 3.74. The molecule has 2 bridgehead atoms. The average Bonchev–Trinajstić information content (AvgIpc) is 2.90. The highest BCUT2D eigenvalue weighted by Gasteiger charge is 2.58. The van der Waals surface area contributed by atoms with Gasteiger partial charge in [0.2, 0.25) is 17.7 Å². The van der Waals surface area contributed by atoms with E-state index in [1.54, 1.807) is 6.92 Å². The molecule has 0 aromatic heterocycles. The van der Waals surface area contributed by atoms with Crippen molar-refractivity contribution in [2.24, 2.45) is 23.7 Å². The number of anilines is 1. The fourth-order valence-corrected chi connectivity index (χ4v) is 4.48. The van der Waals surface area contributed by atoms with Gasteiger partial charge in [0.15, 0.2) is 0 Å². The van der Waals surface area contributed by atoms with Crippen LogP contribution in [0.2, 0.25) is 0 Å². The quantitative estimate of drug-likeness (QED) is 0.680. The lowest BCUT2D eigenvalue weighted by Crippen LogP contribution is -2.46. The fraction of sp³-hybridized carbons (Fsp3) is 0.450. The first-order valence-corrected chi connectivity index (χ1v) is 8.90. The Labute approximate surface area is 147 Å². The van der Waals surface area contributed by atoms with Gasteiger partial charge in [0.25, 0.3) is 0 Å². The molecule has 1 saturated carbocycles. The van der Waals surface area contributed by atoms with E-state index >= 15 is 0 Å². The maximum Gasteiger partial charge on any atom is 0.247 e. The Morgan fingerprint density at radius 3 is 2.04 bits per heavy atom. The van der Waals surface area contributed by atoms with Crippen LogP contribution in [0.3, 0.4) is 0 Å². The maximum absolute atomic E-state index is 12.9. The molecule has 5 nitrogen and oxygen atoms in total. The number of nitrogens with one attached hydrogen (secondary N) is 1. The SMILES string of the molecule is Cc1ccc(NC(=O)[C@H](C)N2C(=O)[C@@H]3[C@H](C2=O)[C@H]2C=C[C@H]3CC2)cc1. The second-order valence-corrected chi connectivity index (χ2v) is 7.42. The van der Waals surface area contributed by atoms with Crippen molar-refractivity contribution in [3.05, 3.63) is 42.0 Å². The molecule has 5 heteroatoms. The number of carbonyl (C=O) groups excluding carboxylic acids is 3. The molecule has 5 atom stereocenters. The summed E-state index contributed by atoms with van der Waals surface area (Å²) in [5, 5.41) is 2.81. The molecule has 1 aromatic carbocycles. The van der Waals surface area contributed by atoms with Gasteiger partial charge in [-0.15, -0.1) is 0 Å². The van der Waals surface area contributed by atoms with E-state index in [-0.39, 0.29) is 41.4 Å². The first-order chi connectivity index (χ1) is 12.0. The van der Waals surface area contributed by atoms with Crippen LogP contribution in [0.1, 0.15) is 25.3 Å². The van der Waals surface area contributed by atoms with Crippen LogP contribution in [0.25, 0.3) is 0 Å². The molecule has 2 fully saturated rings. The summed E-state index contributed by atoms with van der Waals surface area (Å²) >= 11 is 0. The predicted molar refractivity (Wildman–Crippen MR) is 93.5 cm³/mol. The summed E-state index contributed by atoms with van der Waals surface area (Å²) in [4.78, 5) is 39.5. The average molecular weight is 338 g/mol. The van der Waals surface area contributed by atoms with Crippen LogP contribution in [0.5, 0.6) is 0 Å². The van der Waals surface area contributed by atoms with E-state index in [2.05, 4.69) is 17.5 Å². The third kappa shape index (κ3) is 2.49. The standard InChI is InChI=1S/C20H22N2O3/c1-11-3-9-15(10-4-11)21-18(23)12(2)22-19(24)16-13-5-6-14(8-7-13)17(16)20(22)25/h3-6,9-10,12-14,16-17H,7-8H2,1-2H3,(H,21,23)/t12-,13-,14-,16-,17+/m0/s1. The van der Waals surface area contributed by atoms with Gasteiger partial charge in [-0.1, -0.05) is 29.8 Å². The molecule has 130 valence electrons. The highest BCUT2D eigenvalue weighted by molar-refractivity contribution is 6.10. The largest absolute Gasteiger partial charge is 0.324 e.